The van der Waals surface area contributed by atoms with Crippen molar-refractivity contribution in [1.29, 1.82) is 0 Å². The molecule has 1 N–H and O–H groups in total. The van der Waals surface area contributed by atoms with E-state index in [9.17, 15) is 18.3 Å². The van der Waals surface area contributed by atoms with Crippen molar-refractivity contribution in [2.45, 2.75) is 28.6 Å². The minimum absolute atomic E-state index is 0.0548. The Morgan fingerprint density at radius 1 is 1.13 bits per heavy atom. The highest BCUT2D eigenvalue weighted by atomic mass is 32.2. The third-order valence-electron chi connectivity index (χ3n) is 3.98. The topological polar surface area (TPSA) is 99.2 Å². The van der Waals surface area contributed by atoms with E-state index in [1.54, 1.807) is 42.6 Å². The maximum atomic E-state index is 12.9. The van der Waals surface area contributed by atoms with E-state index in [-0.39, 0.29) is 11.3 Å². The number of carboxylic acids is 1. The van der Waals surface area contributed by atoms with Gasteiger partial charge in [0.2, 0.25) is 0 Å². The number of carbonyl (C=O) groups excluding carboxylic acids is 1. The van der Waals surface area contributed by atoms with E-state index in [4.69, 9.17) is 0 Å². The summed E-state index contributed by atoms with van der Waals surface area (Å²) in [4.78, 5) is 15.5. The Morgan fingerprint density at radius 2 is 1.83 bits per heavy atom. The Hall–Kier alpha value is -2.25. The Bertz CT molecular complexity index is 793. The lowest BCUT2D eigenvalue weighted by atomic mass is 10.1. The molecule has 2 heterocycles. The third kappa shape index (κ3) is 2.97. The molecule has 1 aliphatic rings. The molecule has 23 heavy (non-hydrogen) atoms. The highest BCUT2D eigenvalue weighted by Crippen LogP contribution is 2.34. The van der Waals surface area contributed by atoms with Gasteiger partial charge in [0.1, 0.15) is 0 Å². The molecule has 120 valence electrons. The van der Waals surface area contributed by atoms with E-state index in [1.807, 2.05) is 0 Å². The summed E-state index contributed by atoms with van der Waals surface area (Å²) in [5, 5.41) is 13.1. The van der Waals surface area contributed by atoms with Crippen molar-refractivity contribution in [3.05, 3.63) is 60.4 Å². The fourth-order valence-electron chi connectivity index (χ4n) is 2.85. The molecular weight excluding hydrogens is 316 g/mol. The molecule has 0 amide bonds. The molecule has 0 bridgehead atoms. The number of carboxylic acid groups (broad SMARTS) is 1. The minimum atomic E-state index is -3.70. The lowest BCUT2D eigenvalue weighted by Gasteiger charge is -2.19. The number of pyridine rings is 1. The minimum Gasteiger partial charge on any atom is -0.548 e. The van der Waals surface area contributed by atoms with Crippen LogP contribution in [0.5, 0.6) is 0 Å². The summed E-state index contributed by atoms with van der Waals surface area (Å²) in [5.41, 5.74) is 0.501. The summed E-state index contributed by atoms with van der Waals surface area (Å²) in [6, 6.07) is 11.5. The number of nitrogens with one attached hydrogen (secondary N) is 1. The second kappa shape index (κ2) is 6.10. The molecule has 0 spiro atoms. The quantitative estimate of drug-likeness (QED) is 0.851. The van der Waals surface area contributed by atoms with Crippen LogP contribution in [0.2, 0.25) is 0 Å². The molecule has 1 aromatic carbocycles. The monoisotopic (exact) mass is 331 g/mol. The maximum Gasteiger partial charge on any atom is 0.183 e. The number of aliphatic carboxylic acids is 1. The highest BCUT2D eigenvalue weighted by molar-refractivity contribution is 7.92. The average molecular weight is 331 g/mol. The van der Waals surface area contributed by atoms with Crippen LogP contribution in [0, 0.1) is 0 Å². The Kier molecular flexibility index (Phi) is 4.14. The van der Waals surface area contributed by atoms with Crippen LogP contribution < -0.4 is 10.4 Å². The highest BCUT2D eigenvalue weighted by Gasteiger charge is 2.44. The lowest BCUT2D eigenvalue weighted by Crippen LogP contribution is -2.42. The van der Waals surface area contributed by atoms with Gasteiger partial charge in [-0.1, -0.05) is 24.3 Å². The second-order valence-electron chi connectivity index (χ2n) is 5.40. The summed E-state index contributed by atoms with van der Waals surface area (Å²) in [6.45, 7) is 0. The van der Waals surface area contributed by atoms with Gasteiger partial charge in [-0.2, -0.15) is 0 Å². The molecule has 0 saturated carbocycles. The predicted molar refractivity (Wildman–Crippen MR) is 80.9 cm³/mol. The molecule has 2 aromatic rings. The number of nitrogens with zero attached hydrogens (tertiary/aromatic N) is 1. The lowest BCUT2D eigenvalue weighted by molar-refractivity contribution is -0.308. The van der Waals surface area contributed by atoms with Crippen molar-refractivity contribution in [1.82, 2.24) is 10.3 Å². The molecule has 1 fully saturated rings. The largest absolute Gasteiger partial charge is 0.548 e. The Morgan fingerprint density at radius 3 is 2.43 bits per heavy atom. The number of carbonyl (C=O) groups is 1. The van der Waals surface area contributed by atoms with E-state index in [0.717, 1.165) is 0 Å². The first-order valence-corrected chi connectivity index (χ1v) is 8.71. The van der Waals surface area contributed by atoms with Gasteiger partial charge in [-0.05, 0) is 30.7 Å². The molecule has 0 aliphatic carbocycles. The van der Waals surface area contributed by atoms with Gasteiger partial charge < -0.3 is 9.90 Å². The molecule has 3 unspecified atom stereocenters. The Balaban J connectivity index is 2.02. The van der Waals surface area contributed by atoms with Crippen LogP contribution in [-0.4, -0.2) is 30.7 Å². The van der Waals surface area contributed by atoms with Crippen LogP contribution in [0.1, 0.15) is 18.2 Å². The van der Waals surface area contributed by atoms with Gasteiger partial charge in [-0.25, -0.2) is 8.42 Å². The summed E-state index contributed by atoms with van der Waals surface area (Å²) in [6.07, 6.45) is 1.50. The molecule has 7 heteroatoms. The van der Waals surface area contributed by atoms with Gasteiger partial charge in [0.25, 0.3) is 0 Å². The molecule has 6 nitrogen and oxygen atoms in total. The zero-order chi connectivity index (χ0) is 16.4. The second-order valence-corrected chi connectivity index (χ2v) is 7.57. The van der Waals surface area contributed by atoms with Gasteiger partial charge in [0, 0.05) is 12.2 Å². The smallest absolute Gasteiger partial charge is 0.183 e. The Labute approximate surface area is 134 Å². The molecular formula is C16H15N2O4S-. The van der Waals surface area contributed by atoms with Crippen molar-refractivity contribution < 1.29 is 18.3 Å². The van der Waals surface area contributed by atoms with Gasteiger partial charge >= 0.3 is 0 Å². The van der Waals surface area contributed by atoms with Crippen molar-refractivity contribution in [2.24, 2.45) is 0 Å². The number of rotatable bonds is 4. The van der Waals surface area contributed by atoms with Crippen LogP contribution >= 0.6 is 0 Å². The summed E-state index contributed by atoms with van der Waals surface area (Å²) in [5.74, 6) is -1.31. The standard InChI is InChI=1S/C16H16N2O4S/c19-16(20)13-10-14(15(18-13)12-8-4-5-9-17-12)23(21,22)11-6-2-1-3-7-11/h1-9,13-15,18H,10H2,(H,19,20)/p-1. The van der Waals surface area contributed by atoms with Gasteiger partial charge in [-0.15, -0.1) is 0 Å². The molecule has 3 atom stereocenters. The third-order valence-corrected chi connectivity index (χ3v) is 6.17. The van der Waals surface area contributed by atoms with Crippen LogP contribution in [-0.2, 0) is 14.6 Å². The van der Waals surface area contributed by atoms with Crippen LogP contribution in [0.15, 0.2) is 59.6 Å². The summed E-state index contributed by atoms with van der Waals surface area (Å²) < 4.78 is 25.8. The molecule has 1 aromatic heterocycles. The van der Waals surface area contributed by atoms with Gasteiger partial charge in [0.15, 0.2) is 9.84 Å². The van der Waals surface area contributed by atoms with Gasteiger partial charge in [0.05, 0.1) is 27.9 Å². The zero-order valence-corrected chi connectivity index (χ0v) is 12.9. The number of sulfone groups is 1. The number of hydrogen-bond acceptors (Lipinski definition) is 6. The number of hydrogen-bond donors (Lipinski definition) is 1. The van der Waals surface area contributed by atoms with Crippen LogP contribution in [0.3, 0.4) is 0 Å². The van der Waals surface area contributed by atoms with Crippen LogP contribution in [0.4, 0.5) is 0 Å². The molecule has 1 aliphatic heterocycles. The van der Waals surface area contributed by atoms with E-state index in [0.29, 0.717) is 5.69 Å². The zero-order valence-electron chi connectivity index (χ0n) is 12.1. The van der Waals surface area contributed by atoms with Crippen molar-refractivity contribution in [3.8, 4) is 0 Å². The van der Waals surface area contributed by atoms with E-state index >= 15 is 0 Å². The first kappa shape index (κ1) is 15.6. The average Bonchev–Trinajstić information content (AvgIpc) is 3.03. The number of aromatic nitrogens is 1. The van der Waals surface area contributed by atoms with E-state index in [2.05, 4.69) is 10.3 Å². The normalized spacial score (nSPS) is 24.4. The molecule has 3 rings (SSSR count). The molecule has 0 radical (unpaired) electrons. The maximum absolute atomic E-state index is 12.9. The fraction of sp³-hybridized carbons (Fsp3) is 0.250. The molecule has 1 saturated heterocycles. The van der Waals surface area contributed by atoms with Crippen molar-refractivity contribution in [2.75, 3.05) is 0 Å². The van der Waals surface area contributed by atoms with Crippen molar-refractivity contribution in [3.63, 3.8) is 0 Å². The van der Waals surface area contributed by atoms with E-state index in [1.165, 1.54) is 12.1 Å². The summed E-state index contributed by atoms with van der Waals surface area (Å²) in [7, 11) is -3.70. The summed E-state index contributed by atoms with van der Waals surface area (Å²) >= 11 is 0. The first-order chi connectivity index (χ1) is 11.0. The van der Waals surface area contributed by atoms with Crippen molar-refractivity contribution >= 4 is 15.8 Å². The first-order valence-electron chi connectivity index (χ1n) is 7.17. The van der Waals surface area contributed by atoms with Crippen LogP contribution in [0.25, 0.3) is 0 Å². The fourth-order valence-corrected chi connectivity index (χ4v) is 4.76. The van der Waals surface area contributed by atoms with E-state index < -0.39 is 33.1 Å². The van der Waals surface area contributed by atoms with Gasteiger partial charge in [-0.3, -0.25) is 10.3 Å². The predicted octanol–water partition coefficient (Wildman–Crippen LogP) is 0.0770. The number of benzene rings is 1. The SMILES string of the molecule is O=C([O-])C1CC(S(=O)(=O)c2ccccc2)C(c2ccccn2)N1.